The Morgan fingerprint density at radius 2 is 1.76 bits per heavy atom. The van der Waals surface area contributed by atoms with Gasteiger partial charge in [0.1, 0.15) is 10.7 Å². The fraction of sp³-hybridized carbons (Fsp3) is 0.0769. The second kappa shape index (κ2) is 6.19. The van der Waals surface area contributed by atoms with Crippen LogP contribution in [0.25, 0.3) is 0 Å². The van der Waals surface area contributed by atoms with Crippen LogP contribution in [0, 0.1) is 5.82 Å². The van der Waals surface area contributed by atoms with Gasteiger partial charge in [-0.05, 0) is 42.0 Å². The smallest absolute Gasteiger partial charge is 0.263 e. The Bertz CT molecular complexity index is 764. The van der Waals surface area contributed by atoms with Crippen molar-refractivity contribution in [2.75, 3.05) is 4.72 Å². The number of rotatable bonds is 4. The Morgan fingerprint density at radius 1 is 1.14 bits per heavy atom. The van der Waals surface area contributed by atoms with E-state index >= 15 is 0 Å². The highest BCUT2D eigenvalue weighted by molar-refractivity contribution is 7.92. The molecular weight excluding hydrogens is 340 g/mol. The van der Waals surface area contributed by atoms with Crippen molar-refractivity contribution in [3.63, 3.8) is 0 Å². The molecule has 0 amide bonds. The minimum absolute atomic E-state index is 0.114. The molecule has 2 aromatic carbocycles. The van der Waals surface area contributed by atoms with Crippen LogP contribution >= 0.6 is 23.2 Å². The van der Waals surface area contributed by atoms with Crippen molar-refractivity contribution in [1.82, 2.24) is 0 Å². The third-order valence-corrected chi connectivity index (χ3v) is 4.82. The van der Waals surface area contributed by atoms with E-state index in [0.717, 1.165) is 12.1 Å². The average molecular weight is 350 g/mol. The minimum Gasteiger partial charge on any atom is -0.392 e. The average Bonchev–Trinajstić information content (AvgIpc) is 2.43. The lowest BCUT2D eigenvalue weighted by Crippen LogP contribution is -2.14. The predicted molar refractivity (Wildman–Crippen MR) is 79.6 cm³/mol. The molecule has 0 atom stereocenters. The second-order valence-corrected chi connectivity index (χ2v) is 6.61. The van der Waals surface area contributed by atoms with Gasteiger partial charge in [-0.3, -0.25) is 4.72 Å². The molecule has 0 saturated heterocycles. The molecule has 0 aromatic heterocycles. The molecule has 0 aliphatic carbocycles. The zero-order valence-corrected chi connectivity index (χ0v) is 12.8. The molecule has 0 bridgehead atoms. The summed E-state index contributed by atoms with van der Waals surface area (Å²) in [6.07, 6.45) is 0. The Labute approximate surface area is 131 Å². The maximum atomic E-state index is 12.8. The summed E-state index contributed by atoms with van der Waals surface area (Å²) >= 11 is 11.8. The molecule has 0 saturated carbocycles. The highest BCUT2D eigenvalue weighted by Crippen LogP contribution is 2.30. The first-order valence-electron chi connectivity index (χ1n) is 5.70. The fourth-order valence-corrected chi connectivity index (χ4v) is 3.64. The second-order valence-electron chi connectivity index (χ2n) is 4.15. The molecule has 0 aliphatic rings. The van der Waals surface area contributed by atoms with Crippen LogP contribution < -0.4 is 4.72 Å². The maximum absolute atomic E-state index is 12.8. The van der Waals surface area contributed by atoms with Gasteiger partial charge in [0.25, 0.3) is 10.0 Å². The van der Waals surface area contributed by atoms with E-state index in [4.69, 9.17) is 28.3 Å². The standard InChI is InChI=1S/C13H10Cl2FNO3S/c14-9-5-8(7-18)13(15)12(6-9)21(19,20)17-11-3-1-10(16)2-4-11/h1-6,17-18H,7H2. The zero-order valence-electron chi connectivity index (χ0n) is 10.5. The van der Waals surface area contributed by atoms with E-state index in [2.05, 4.69) is 4.72 Å². The lowest BCUT2D eigenvalue weighted by atomic mass is 10.2. The molecule has 2 aromatic rings. The van der Waals surface area contributed by atoms with E-state index in [9.17, 15) is 12.8 Å². The van der Waals surface area contributed by atoms with Crippen molar-refractivity contribution in [3.8, 4) is 0 Å². The number of aliphatic hydroxyl groups is 1. The first-order valence-corrected chi connectivity index (χ1v) is 7.94. The molecule has 4 nitrogen and oxygen atoms in total. The van der Waals surface area contributed by atoms with Gasteiger partial charge in [0, 0.05) is 10.7 Å². The third kappa shape index (κ3) is 3.65. The Morgan fingerprint density at radius 3 is 2.33 bits per heavy atom. The van der Waals surface area contributed by atoms with Crippen molar-refractivity contribution >= 4 is 38.9 Å². The van der Waals surface area contributed by atoms with Gasteiger partial charge >= 0.3 is 0 Å². The van der Waals surface area contributed by atoms with Gasteiger partial charge in [0.2, 0.25) is 0 Å². The summed E-state index contributed by atoms with van der Waals surface area (Å²) in [7, 11) is -4.01. The fourth-order valence-electron chi connectivity index (χ4n) is 1.66. The van der Waals surface area contributed by atoms with Gasteiger partial charge in [-0.15, -0.1) is 0 Å². The van der Waals surface area contributed by atoms with Crippen molar-refractivity contribution in [2.45, 2.75) is 11.5 Å². The number of halogens is 3. The normalized spacial score (nSPS) is 11.4. The summed E-state index contributed by atoms with van der Waals surface area (Å²) in [6.45, 7) is -0.446. The van der Waals surface area contributed by atoms with Crippen molar-refractivity contribution in [1.29, 1.82) is 0 Å². The van der Waals surface area contributed by atoms with Gasteiger partial charge in [-0.1, -0.05) is 23.2 Å². The number of hydrogen-bond donors (Lipinski definition) is 2. The van der Waals surface area contributed by atoms with Gasteiger partial charge in [0.05, 0.1) is 11.6 Å². The zero-order chi connectivity index (χ0) is 15.6. The van der Waals surface area contributed by atoms with Crippen LogP contribution in [0.1, 0.15) is 5.56 Å². The molecule has 2 N–H and O–H groups in total. The van der Waals surface area contributed by atoms with Crippen LogP contribution in [0.4, 0.5) is 10.1 Å². The molecular formula is C13H10Cl2FNO3S. The summed E-state index contributed by atoms with van der Waals surface area (Å²) in [4.78, 5) is -0.259. The number of hydrogen-bond acceptors (Lipinski definition) is 3. The first kappa shape index (κ1) is 16.0. The van der Waals surface area contributed by atoms with E-state index in [0.29, 0.717) is 0 Å². The largest absolute Gasteiger partial charge is 0.392 e. The molecule has 0 spiro atoms. The molecule has 0 aliphatic heterocycles. The van der Waals surface area contributed by atoms with Crippen LogP contribution in [-0.2, 0) is 16.6 Å². The summed E-state index contributed by atoms with van der Waals surface area (Å²) in [6, 6.07) is 7.35. The quantitative estimate of drug-likeness (QED) is 0.888. The first-order chi connectivity index (χ1) is 9.83. The monoisotopic (exact) mass is 349 g/mol. The van der Waals surface area contributed by atoms with Crippen molar-refractivity contribution in [3.05, 3.63) is 57.8 Å². The number of nitrogens with one attached hydrogen (secondary N) is 1. The SMILES string of the molecule is O=S(=O)(Nc1ccc(F)cc1)c1cc(Cl)cc(CO)c1Cl. The van der Waals surface area contributed by atoms with Gasteiger partial charge < -0.3 is 5.11 Å². The van der Waals surface area contributed by atoms with E-state index in [1.807, 2.05) is 0 Å². The number of sulfonamides is 1. The van der Waals surface area contributed by atoms with E-state index in [1.165, 1.54) is 24.3 Å². The van der Waals surface area contributed by atoms with Crippen LogP contribution in [-0.4, -0.2) is 13.5 Å². The molecule has 0 radical (unpaired) electrons. The molecule has 0 heterocycles. The van der Waals surface area contributed by atoms with Gasteiger partial charge in [-0.2, -0.15) is 0 Å². The highest BCUT2D eigenvalue weighted by atomic mass is 35.5. The highest BCUT2D eigenvalue weighted by Gasteiger charge is 2.21. The van der Waals surface area contributed by atoms with Crippen LogP contribution in [0.15, 0.2) is 41.3 Å². The summed E-state index contributed by atoms with van der Waals surface area (Å²) in [5.74, 6) is -0.485. The molecule has 8 heteroatoms. The lowest BCUT2D eigenvalue weighted by Gasteiger charge is -2.12. The molecule has 112 valence electrons. The Balaban J connectivity index is 2.44. The summed E-state index contributed by atoms with van der Waals surface area (Å²) in [5, 5.41) is 9.17. The molecule has 0 fully saturated rings. The predicted octanol–water partition coefficient (Wildman–Crippen LogP) is 3.43. The minimum atomic E-state index is -4.01. The van der Waals surface area contributed by atoms with Gasteiger partial charge in [-0.25, -0.2) is 12.8 Å². The van der Waals surface area contributed by atoms with Crippen molar-refractivity contribution < 1.29 is 17.9 Å². The summed E-state index contributed by atoms with van der Waals surface area (Å²) in [5.41, 5.74) is 0.377. The van der Waals surface area contributed by atoms with Crippen LogP contribution in [0.3, 0.4) is 0 Å². The maximum Gasteiger partial charge on any atom is 0.263 e. The van der Waals surface area contributed by atoms with Gasteiger partial charge in [0.15, 0.2) is 0 Å². The third-order valence-electron chi connectivity index (χ3n) is 2.64. The Hall–Kier alpha value is -1.34. The topological polar surface area (TPSA) is 66.4 Å². The molecule has 0 unspecified atom stereocenters. The Kier molecular flexibility index (Phi) is 4.73. The van der Waals surface area contributed by atoms with E-state index in [1.54, 1.807) is 0 Å². The van der Waals surface area contributed by atoms with Crippen LogP contribution in [0.5, 0.6) is 0 Å². The van der Waals surface area contributed by atoms with E-state index in [-0.39, 0.29) is 26.2 Å². The number of benzene rings is 2. The van der Waals surface area contributed by atoms with E-state index < -0.39 is 22.4 Å². The number of aliphatic hydroxyl groups excluding tert-OH is 1. The molecule has 21 heavy (non-hydrogen) atoms. The number of anilines is 1. The van der Waals surface area contributed by atoms with Crippen molar-refractivity contribution in [2.24, 2.45) is 0 Å². The summed E-state index contributed by atoms with van der Waals surface area (Å²) < 4.78 is 39.7. The molecule has 2 rings (SSSR count). The lowest BCUT2D eigenvalue weighted by molar-refractivity contribution is 0.281. The van der Waals surface area contributed by atoms with Crippen LogP contribution in [0.2, 0.25) is 10.0 Å².